The van der Waals surface area contributed by atoms with Gasteiger partial charge in [-0.25, -0.2) is 0 Å². The Morgan fingerprint density at radius 2 is 1.37 bits per heavy atom. The molecule has 1 aromatic heterocycles. The highest BCUT2D eigenvalue weighted by Gasteiger charge is 2.32. The third-order valence-electron chi connectivity index (χ3n) is 8.51. The highest BCUT2D eigenvalue weighted by atomic mass is 16.2. The molecule has 12 heteroatoms. The largest absolute Gasteiger partial charge is 0.361 e. The number of carbonyl (C=O) groups is 5. The minimum atomic E-state index is -1.22. The van der Waals surface area contributed by atoms with Crippen LogP contribution in [0.25, 0.3) is 10.9 Å². The zero-order valence-corrected chi connectivity index (χ0v) is 27.2. The van der Waals surface area contributed by atoms with Crippen LogP contribution in [0.1, 0.15) is 36.0 Å². The molecule has 8 N–H and O–H groups in total. The van der Waals surface area contributed by atoms with Gasteiger partial charge in [0.1, 0.15) is 18.1 Å². The van der Waals surface area contributed by atoms with Gasteiger partial charge in [-0.1, -0.05) is 78.9 Å². The molecule has 4 aromatic rings. The Balaban J connectivity index is 1.47. The zero-order valence-electron chi connectivity index (χ0n) is 27.2. The first-order chi connectivity index (χ1) is 23.8. The number of nitrogens with one attached hydrogen (secondary N) is 6. The standard InChI is InChI=1S/C37H43N7O5/c38-17-9-16-33(45)42-32-21-34(46)43-31(20-26-22-39-29-15-8-7-14-28(26)29)37(49)44-30(19-25-12-5-2-6-13-25)36(48)41-27(23-40-35(32)47)18-24-10-3-1-4-11-24/h1-8,10-15,22,27,30-32,39H,9,16-21,23,38H2,(H,40,47)(H,41,48)(H,42,45)(H,43,46)(H,44,49)/t27-,30+,31+,32+/m1/s1. The van der Waals surface area contributed by atoms with Crippen molar-refractivity contribution < 1.29 is 24.0 Å². The lowest BCUT2D eigenvalue weighted by molar-refractivity contribution is -0.134. The summed E-state index contributed by atoms with van der Waals surface area (Å²) in [6.07, 6.45) is 2.57. The Kier molecular flexibility index (Phi) is 12.1. The second-order valence-electron chi connectivity index (χ2n) is 12.3. The average molecular weight is 666 g/mol. The quantitative estimate of drug-likeness (QED) is 0.134. The lowest BCUT2D eigenvalue weighted by Crippen LogP contribution is -2.59. The van der Waals surface area contributed by atoms with Crippen molar-refractivity contribution in [2.45, 2.75) is 62.7 Å². The van der Waals surface area contributed by atoms with Crippen molar-refractivity contribution >= 4 is 40.4 Å². The molecule has 1 aliphatic heterocycles. The van der Waals surface area contributed by atoms with Gasteiger partial charge in [-0.05, 0) is 42.1 Å². The van der Waals surface area contributed by atoms with Gasteiger partial charge < -0.3 is 37.3 Å². The maximum Gasteiger partial charge on any atom is 0.243 e. The summed E-state index contributed by atoms with van der Waals surface area (Å²) in [4.78, 5) is 71.1. The molecular formula is C37H43N7O5. The van der Waals surface area contributed by atoms with Gasteiger partial charge >= 0.3 is 0 Å². The predicted octanol–water partition coefficient (Wildman–Crippen LogP) is 1.39. The normalized spacial score (nSPS) is 20.8. The Morgan fingerprint density at radius 1 is 0.735 bits per heavy atom. The number of para-hydroxylation sites is 1. The van der Waals surface area contributed by atoms with Crippen molar-refractivity contribution in [3.05, 3.63) is 108 Å². The predicted molar refractivity (Wildman–Crippen MR) is 186 cm³/mol. The highest BCUT2D eigenvalue weighted by Crippen LogP contribution is 2.20. The molecule has 3 aromatic carbocycles. The third kappa shape index (κ3) is 10.0. The molecule has 5 amide bonds. The molecule has 0 aliphatic carbocycles. The topological polar surface area (TPSA) is 187 Å². The van der Waals surface area contributed by atoms with E-state index in [0.29, 0.717) is 19.4 Å². The number of benzene rings is 3. The molecule has 0 radical (unpaired) electrons. The fraction of sp³-hybridized carbons (Fsp3) is 0.324. The summed E-state index contributed by atoms with van der Waals surface area (Å²) in [7, 11) is 0. The second kappa shape index (κ2) is 17.1. The summed E-state index contributed by atoms with van der Waals surface area (Å²) in [6, 6.07) is 22.6. The van der Waals surface area contributed by atoms with Crippen molar-refractivity contribution in [3.8, 4) is 0 Å². The molecule has 1 aliphatic rings. The van der Waals surface area contributed by atoms with E-state index in [1.165, 1.54) is 0 Å². The number of amides is 5. The van der Waals surface area contributed by atoms with Crippen LogP contribution in [0.2, 0.25) is 0 Å². The first-order valence-electron chi connectivity index (χ1n) is 16.6. The minimum absolute atomic E-state index is 0.0193. The molecule has 4 atom stereocenters. The van der Waals surface area contributed by atoms with Gasteiger partial charge in [0.2, 0.25) is 29.5 Å². The number of nitrogens with two attached hydrogens (primary N) is 1. The maximum atomic E-state index is 14.1. The molecule has 1 fully saturated rings. The van der Waals surface area contributed by atoms with Crippen molar-refractivity contribution in [3.63, 3.8) is 0 Å². The number of H-pyrrole nitrogens is 1. The molecule has 0 saturated carbocycles. The zero-order chi connectivity index (χ0) is 34.6. The van der Waals surface area contributed by atoms with E-state index in [-0.39, 0.29) is 25.8 Å². The van der Waals surface area contributed by atoms with Crippen LogP contribution in [0.5, 0.6) is 0 Å². The molecule has 0 bridgehead atoms. The van der Waals surface area contributed by atoms with Crippen LogP contribution in [0, 0.1) is 0 Å². The van der Waals surface area contributed by atoms with Crippen LogP contribution in [-0.4, -0.2) is 71.8 Å². The summed E-state index contributed by atoms with van der Waals surface area (Å²) in [5.41, 5.74) is 8.98. The van der Waals surface area contributed by atoms with Crippen LogP contribution in [-0.2, 0) is 43.2 Å². The van der Waals surface area contributed by atoms with Crippen molar-refractivity contribution in [1.82, 2.24) is 31.6 Å². The first-order valence-corrected chi connectivity index (χ1v) is 16.6. The van der Waals surface area contributed by atoms with E-state index in [2.05, 4.69) is 31.6 Å². The molecule has 1 saturated heterocycles. The highest BCUT2D eigenvalue weighted by molar-refractivity contribution is 5.96. The van der Waals surface area contributed by atoms with E-state index in [9.17, 15) is 24.0 Å². The van der Waals surface area contributed by atoms with Crippen LogP contribution in [0.3, 0.4) is 0 Å². The summed E-state index contributed by atoms with van der Waals surface area (Å²) in [6.45, 7) is 0.312. The van der Waals surface area contributed by atoms with Gasteiger partial charge in [-0.15, -0.1) is 0 Å². The van der Waals surface area contributed by atoms with Crippen molar-refractivity contribution in [1.29, 1.82) is 0 Å². The molecule has 12 nitrogen and oxygen atoms in total. The number of aromatic amines is 1. The number of hydrogen-bond donors (Lipinski definition) is 7. The van der Waals surface area contributed by atoms with Crippen LogP contribution in [0.4, 0.5) is 0 Å². The Hall–Kier alpha value is -5.49. The fourth-order valence-corrected chi connectivity index (χ4v) is 5.96. The van der Waals surface area contributed by atoms with E-state index < -0.39 is 60.1 Å². The van der Waals surface area contributed by atoms with Gasteiger partial charge in [0.25, 0.3) is 0 Å². The molecule has 256 valence electrons. The fourth-order valence-electron chi connectivity index (χ4n) is 5.96. The molecule has 0 spiro atoms. The van der Waals surface area contributed by atoms with Gasteiger partial charge in [0.15, 0.2) is 0 Å². The minimum Gasteiger partial charge on any atom is -0.361 e. The van der Waals surface area contributed by atoms with E-state index in [4.69, 9.17) is 5.73 Å². The number of hydrogen-bond acceptors (Lipinski definition) is 6. The number of rotatable bonds is 10. The third-order valence-corrected chi connectivity index (χ3v) is 8.51. The molecule has 0 unspecified atom stereocenters. The molecule has 49 heavy (non-hydrogen) atoms. The molecular weight excluding hydrogens is 622 g/mol. The first kappa shape index (κ1) is 34.8. The van der Waals surface area contributed by atoms with Crippen LogP contribution < -0.4 is 32.3 Å². The number of fused-ring (bicyclic) bond motifs is 1. The maximum absolute atomic E-state index is 14.1. The Morgan fingerprint density at radius 3 is 2.08 bits per heavy atom. The SMILES string of the molecule is NCCCC(=O)N[C@H]1CC(=O)N[C@@H](Cc2c[nH]c3ccccc23)C(=O)N[C@@H](Cc2ccccc2)C(=O)N[C@H](Cc2ccccc2)CNC1=O. The van der Waals surface area contributed by atoms with Crippen molar-refractivity contribution in [2.75, 3.05) is 13.1 Å². The van der Waals surface area contributed by atoms with Gasteiger partial charge in [-0.2, -0.15) is 0 Å². The molecule has 2 heterocycles. The van der Waals surface area contributed by atoms with Crippen LogP contribution in [0.15, 0.2) is 91.1 Å². The second-order valence-corrected chi connectivity index (χ2v) is 12.3. The lowest BCUT2D eigenvalue weighted by Gasteiger charge is -2.28. The molecule has 5 rings (SSSR count). The lowest BCUT2D eigenvalue weighted by atomic mass is 10.0. The van der Waals surface area contributed by atoms with Gasteiger partial charge in [0.05, 0.1) is 12.5 Å². The number of carbonyl (C=O) groups excluding carboxylic acids is 5. The Labute approximate surface area is 285 Å². The Bertz CT molecular complexity index is 1740. The number of aromatic nitrogens is 1. The summed E-state index contributed by atoms with van der Waals surface area (Å²) < 4.78 is 0. The summed E-state index contributed by atoms with van der Waals surface area (Å²) >= 11 is 0. The van der Waals surface area contributed by atoms with E-state index in [1.807, 2.05) is 84.9 Å². The van der Waals surface area contributed by atoms with Crippen molar-refractivity contribution in [2.24, 2.45) is 5.73 Å². The van der Waals surface area contributed by atoms with E-state index >= 15 is 0 Å². The smallest absolute Gasteiger partial charge is 0.243 e. The van der Waals surface area contributed by atoms with Gasteiger partial charge in [-0.3, -0.25) is 24.0 Å². The monoisotopic (exact) mass is 665 g/mol. The van der Waals surface area contributed by atoms with E-state index in [0.717, 1.165) is 27.6 Å². The van der Waals surface area contributed by atoms with Gasteiger partial charge in [0, 0.05) is 42.9 Å². The van der Waals surface area contributed by atoms with Crippen LogP contribution >= 0.6 is 0 Å². The average Bonchev–Trinajstić information content (AvgIpc) is 3.51. The van der Waals surface area contributed by atoms with E-state index in [1.54, 1.807) is 6.20 Å². The summed E-state index contributed by atoms with van der Waals surface area (Å²) in [5.74, 6) is -2.61. The summed E-state index contributed by atoms with van der Waals surface area (Å²) in [5, 5.41) is 15.1.